The summed E-state index contributed by atoms with van der Waals surface area (Å²) in [5.74, 6) is 0.136. The lowest BCUT2D eigenvalue weighted by Gasteiger charge is -2.12. The first-order valence-electron chi connectivity index (χ1n) is 9.49. The third kappa shape index (κ3) is 5.02. The number of carbonyl (C=O) groups excluding carboxylic acids is 2. The Morgan fingerprint density at radius 1 is 0.793 bits per heavy atom. The molecule has 2 N–H and O–H groups in total. The Labute approximate surface area is 170 Å². The number of ether oxygens (including phenoxy) is 1. The molecule has 0 heterocycles. The molecule has 3 aromatic rings. The van der Waals surface area contributed by atoms with E-state index in [1.54, 1.807) is 36.4 Å². The van der Waals surface area contributed by atoms with E-state index >= 15 is 0 Å². The topological polar surface area (TPSA) is 67.4 Å². The summed E-state index contributed by atoms with van der Waals surface area (Å²) >= 11 is 0. The number of para-hydroxylation sites is 2. The molecule has 148 valence electrons. The SMILES string of the molecule is CCOc1ccccc1NC(=O)c1ccc(C(=O)Nc2ccc(C)cc2C)cc1. The number of hydrogen-bond donors (Lipinski definition) is 2. The smallest absolute Gasteiger partial charge is 0.255 e. The van der Waals surface area contributed by atoms with E-state index in [4.69, 9.17) is 4.74 Å². The summed E-state index contributed by atoms with van der Waals surface area (Å²) in [6.45, 7) is 6.36. The van der Waals surface area contributed by atoms with Crippen molar-refractivity contribution in [1.29, 1.82) is 0 Å². The molecule has 0 unspecified atom stereocenters. The molecule has 0 atom stereocenters. The molecule has 0 aromatic heterocycles. The highest BCUT2D eigenvalue weighted by atomic mass is 16.5. The molecule has 29 heavy (non-hydrogen) atoms. The molecule has 0 aliphatic rings. The molecule has 3 aromatic carbocycles. The second-order valence-corrected chi connectivity index (χ2v) is 6.73. The zero-order valence-corrected chi connectivity index (χ0v) is 16.8. The molecule has 0 aliphatic carbocycles. The summed E-state index contributed by atoms with van der Waals surface area (Å²) in [6, 6.07) is 19.7. The minimum absolute atomic E-state index is 0.217. The molecule has 5 heteroatoms. The largest absolute Gasteiger partial charge is 0.492 e. The average molecular weight is 388 g/mol. The lowest BCUT2D eigenvalue weighted by atomic mass is 10.1. The van der Waals surface area contributed by atoms with Crippen molar-refractivity contribution in [3.63, 3.8) is 0 Å². The van der Waals surface area contributed by atoms with Crippen molar-refractivity contribution in [1.82, 2.24) is 0 Å². The Hall–Kier alpha value is -3.60. The summed E-state index contributed by atoms with van der Waals surface area (Å²) < 4.78 is 5.53. The fourth-order valence-corrected chi connectivity index (χ4v) is 2.97. The molecule has 2 amide bonds. The Kier molecular flexibility index (Phi) is 6.29. The second-order valence-electron chi connectivity index (χ2n) is 6.73. The van der Waals surface area contributed by atoms with Crippen LogP contribution in [0.25, 0.3) is 0 Å². The summed E-state index contributed by atoms with van der Waals surface area (Å²) in [5.41, 5.74) is 4.46. The average Bonchev–Trinajstić information content (AvgIpc) is 2.72. The van der Waals surface area contributed by atoms with Crippen molar-refractivity contribution in [2.24, 2.45) is 0 Å². The second kappa shape index (κ2) is 9.06. The van der Waals surface area contributed by atoms with Crippen LogP contribution in [0.1, 0.15) is 38.8 Å². The Bertz CT molecular complexity index is 1030. The van der Waals surface area contributed by atoms with Crippen molar-refractivity contribution >= 4 is 23.2 Å². The van der Waals surface area contributed by atoms with Gasteiger partial charge in [0.2, 0.25) is 0 Å². The number of carbonyl (C=O) groups is 2. The van der Waals surface area contributed by atoms with Gasteiger partial charge in [-0.05, 0) is 68.8 Å². The summed E-state index contributed by atoms with van der Waals surface area (Å²) in [4.78, 5) is 25.1. The van der Waals surface area contributed by atoms with Crippen LogP contribution < -0.4 is 15.4 Å². The van der Waals surface area contributed by atoms with Gasteiger partial charge in [0.05, 0.1) is 12.3 Å². The third-order valence-corrected chi connectivity index (χ3v) is 4.47. The summed E-state index contributed by atoms with van der Waals surface area (Å²) in [7, 11) is 0. The maximum absolute atomic E-state index is 12.6. The maximum Gasteiger partial charge on any atom is 0.255 e. The quantitative estimate of drug-likeness (QED) is 0.609. The molecule has 0 bridgehead atoms. The minimum atomic E-state index is -0.265. The van der Waals surface area contributed by atoms with Crippen LogP contribution in [0.4, 0.5) is 11.4 Å². The Balaban J connectivity index is 1.69. The molecule has 0 radical (unpaired) electrons. The standard InChI is InChI=1S/C24H24N2O3/c1-4-29-22-8-6-5-7-21(22)26-24(28)19-12-10-18(11-13-19)23(27)25-20-14-9-16(2)15-17(20)3/h5-15H,4H2,1-3H3,(H,25,27)(H,26,28). The molecule has 0 saturated heterocycles. The van der Waals surface area contributed by atoms with Gasteiger partial charge in [-0.25, -0.2) is 0 Å². The van der Waals surface area contributed by atoms with E-state index < -0.39 is 0 Å². The molecular weight excluding hydrogens is 364 g/mol. The van der Waals surface area contributed by atoms with Gasteiger partial charge in [-0.2, -0.15) is 0 Å². The van der Waals surface area contributed by atoms with Crippen LogP contribution in [-0.2, 0) is 0 Å². The number of amides is 2. The summed E-state index contributed by atoms with van der Waals surface area (Å²) in [5, 5.41) is 5.76. The molecule has 5 nitrogen and oxygen atoms in total. The number of benzene rings is 3. The molecule has 0 fully saturated rings. The van der Waals surface area contributed by atoms with Crippen molar-refractivity contribution < 1.29 is 14.3 Å². The maximum atomic E-state index is 12.6. The van der Waals surface area contributed by atoms with Gasteiger partial charge in [0.25, 0.3) is 11.8 Å². The van der Waals surface area contributed by atoms with E-state index in [1.165, 1.54) is 0 Å². The number of hydrogen-bond acceptors (Lipinski definition) is 3. The Morgan fingerprint density at radius 3 is 1.97 bits per heavy atom. The van der Waals surface area contributed by atoms with Gasteiger partial charge in [0.1, 0.15) is 5.75 Å². The van der Waals surface area contributed by atoms with E-state index in [1.807, 2.05) is 51.1 Å². The molecule has 0 spiro atoms. The molecule has 0 saturated carbocycles. The van der Waals surface area contributed by atoms with Gasteiger partial charge < -0.3 is 15.4 Å². The molecular formula is C24H24N2O3. The predicted octanol–water partition coefficient (Wildman–Crippen LogP) is 5.21. The number of anilines is 2. The highest BCUT2D eigenvalue weighted by molar-refractivity contribution is 6.07. The van der Waals surface area contributed by atoms with Gasteiger partial charge in [0.15, 0.2) is 0 Å². The zero-order valence-electron chi connectivity index (χ0n) is 16.8. The zero-order chi connectivity index (χ0) is 20.8. The van der Waals surface area contributed by atoms with E-state index in [9.17, 15) is 9.59 Å². The van der Waals surface area contributed by atoms with Crippen LogP contribution >= 0.6 is 0 Å². The van der Waals surface area contributed by atoms with Crippen LogP contribution in [-0.4, -0.2) is 18.4 Å². The van der Waals surface area contributed by atoms with Gasteiger partial charge in [0, 0.05) is 16.8 Å². The number of rotatable bonds is 6. The number of aryl methyl sites for hydroxylation is 2. The summed E-state index contributed by atoms with van der Waals surface area (Å²) in [6.07, 6.45) is 0. The van der Waals surface area contributed by atoms with Crippen molar-refractivity contribution in [2.75, 3.05) is 17.2 Å². The van der Waals surface area contributed by atoms with Gasteiger partial charge in [-0.3, -0.25) is 9.59 Å². The third-order valence-electron chi connectivity index (χ3n) is 4.47. The normalized spacial score (nSPS) is 10.3. The van der Waals surface area contributed by atoms with Crippen molar-refractivity contribution in [2.45, 2.75) is 20.8 Å². The predicted molar refractivity (Wildman–Crippen MR) is 116 cm³/mol. The van der Waals surface area contributed by atoms with Gasteiger partial charge in [-0.15, -0.1) is 0 Å². The van der Waals surface area contributed by atoms with Crippen LogP contribution in [0.2, 0.25) is 0 Å². The van der Waals surface area contributed by atoms with Crippen LogP contribution in [0.5, 0.6) is 5.75 Å². The van der Waals surface area contributed by atoms with Crippen LogP contribution in [0.3, 0.4) is 0 Å². The highest BCUT2D eigenvalue weighted by Crippen LogP contribution is 2.24. The minimum Gasteiger partial charge on any atom is -0.492 e. The van der Waals surface area contributed by atoms with Crippen molar-refractivity contribution in [3.8, 4) is 5.75 Å². The lowest BCUT2D eigenvalue weighted by molar-refractivity contribution is 0.101. The van der Waals surface area contributed by atoms with Crippen LogP contribution in [0, 0.1) is 13.8 Å². The molecule has 3 rings (SSSR count). The molecule has 0 aliphatic heterocycles. The first-order valence-corrected chi connectivity index (χ1v) is 9.49. The fourth-order valence-electron chi connectivity index (χ4n) is 2.97. The van der Waals surface area contributed by atoms with E-state index in [2.05, 4.69) is 10.6 Å². The van der Waals surface area contributed by atoms with Crippen LogP contribution in [0.15, 0.2) is 66.7 Å². The first kappa shape index (κ1) is 20.1. The van der Waals surface area contributed by atoms with E-state index in [-0.39, 0.29) is 11.8 Å². The monoisotopic (exact) mass is 388 g/mol. The van der Waals surface area contributed by atoms with Crippen molar-refractivity contribution in [3.05, 3.63) is 89.0 Å². The van der Waals surface area contributed by atoms with E-state index in [0.29, 0.717) is 29.2 Å². The van der Waals surface area contributed by atoms with Gasteiger partial charge >= 0.3 is 0 Å². The van der Waals surface area contributed by atoms with E-state index in [0.717, 1.165) is 16.8 Å². The number of nitrogens with one attached hydrogen (secondary N) is 2. The first-order chi connectivity index (χ1) is 14.0. The fraction of sp³-hybridized carbons (Fsp3) is 0.167. The van der Waals surface area contributed by atoms with Gasteiger partial charge in [-0.1, -0.05) is 29.8 Å². The Morgan fingerprint density at radius 2 is 1.38 bits per heavy atom. The lowest BCUT2D eigenvalue weighted by Crippen LogP contribution is -2.15. The highest BCUT2D eigenvalue weighted by Gasteiger charge is 2.12.